The van der Waals surface area contributed by atoms with Gasteiger partial charge in [-0.25, -0.2) is 0 Å². The maximum Gasteiger partial charge on any atom is 0.264 e. The van der Waals surface area contributed by atoms with Crippen LogP contribution in [0.2, 0.25) is 10.0 Å². The van der Waals surface area contributed by atoms with Gasteiger partial charge in [0, 0.05) is 30.2 Å². The lowest BCUT2D eigenvalue weighted by atomic mass is 10.1. The van der Waals surface area contributed by atoms with Crippen LogP contribution >= 0.6 is 23.2 Å². The fourth-order valence-electron chi connectivity index (χ4n) is 3.19. The van der Waals surface area contributed by atoms with E-state index in [1.165, 1.54) is 0 Å². The number of morpholine rings is 1. The van der Waals surface area contributed by atoms with Crippen molar-refractivity contribution in [2.75, 3.05) is 26.3 Å². The molecule has 1 aromatic carbocycles. The quantitative estimate of drug-likeness (QED) is 0.570. The number of hydrogen-bond acceptors (Lipinski definition) is 3. The van der Waals surface area contributed by atoms with Crippen LogP contribution in [0.3, 0.4) is 0 Å². The van der Waals surface area contributed by atoms with Crippen LogP contribution in [0.5, 0.6) is 0 Å². The number of amides is 1. The van der Waals surface area contributed by atoms with Gasteiger partial charge in [-0.1, -0.05) is 23.2 Å². The molecule has 1 aliphatic heterocycles. The lowest BCUT2D eigenvalue weighted by molar-refractivity contribution is -0.130. The van der Waals surface area contributed by atoms with Crippen LogP contribution < -0.4 is 0 Å². The summed E-state index contributed by atoms with van der Waals surface area (Å²) < 4.78 is 7.28. The first-order valence-electron chi connectivity index (χ1n) is 8.55. The van der Waals surface area contributed by atoms with Gasteiger partial charge in [0.05, 0.1) is 23.3 Å². The Labute approximate surface area is 168 Å². The number of aryl methyl sites for hydroxylation is 1. The van der Waals surface area contributed by atoms with E-state index < -0.39 is 0 Å². The van der Waals surface area contributed by atoms with Crippen molar-refractivity contribution in [1.29, 1.82) is 5.26 Å². The number of carbonyl (C=O) groups is 1. The highest BCUT2D eigenvalue weighted by molar-refractivity contribution is 6.42. The van der Waals surface area contributed by atoms with Crippen molar-refractivity contribution in [2.24, 2.45) is 0 Å². The topological polar surface area (TPSA) is 58.3 Å². The van der Waals surface area contributed by atoms with E-state index in [4.69, 9.17) is 27.9 Å². The molecule has 0 saturated carbocycles. The number of ether oxygens (including phenoxy) is 1. The van der Waals surface area contributed by atoms with E-state index in [2.05, 4.69) is 0 Å². The summed E-state index contributed by atoms with van der Waals surface area (Å²) in [6.45, 7) is 5.89. The highest BCUT2D eigenvalue weighted by atomic mass is 35.5. The van der Waals surface area contributed by atoms with Crippen molar-refractivity contribution in [2.45, 2.75) is 13.8 Å². The average Bonchev–Trinajstić information content (AvgIpc) is 2.95. The predicted molar refractivity (Wildman–Crippen MR) is 106 cm³/mol. The van der Waals surface area contributed by atoms with Crippen molar-refractivity contribution < 1.29 is 9.53 Å². The minimum Gasteiger partial charge on any atom is -0.378 e. The predicted octanol–water partition coefficient (Wildman–Crippen LogP) is 4.17. The Kier molecular flexibility index (Phi) is 5.91. The molecule has 2 heterocycles. The molecule has 0 unspecified atom stereocenters. The third kappa shape index (κ3) is 4.03. The number of nitriles is 1. The van der Waals surface area contributed by atoms with Gasteiger partial charge in [-0.05, 0) is 49.8 Å². The molecule has 27 heavy (non-hydrogen) atoms. The molecule has 0 radical (unpaired) electrons. The molecule has 1 saturated heterocycles. The average molecular weight is 404 g/mol. The number of benzene rings is 1. The van der Waals surface area contributed by atoms with E-state index in [9.17, 15) is 10.1 Å². The maximum absolute atomic E-state index is 12.6. The molecule has 140 valence electrons. The molecule has 0 bridgehead atoms. The molecular formula is C20H19Cl2N3O2. The van der Waals surface area contributed by atoms with E-state index in [-0.39, 0.29) is 11.5 Å². The van der Waals surface area contributed by atoms with Crippen molar-refractivity contribution >= 4 is 35.2 Å². The van der Waals surface area contributed by atoms with Crippen LogP contribution in [0.15, 0.2) is 29.8 Å². The van der Waals surface area contributed by atoms with E-state index >= 15 is 0 Å². The number of rotatable bonds is 3. The first-order valence-corrected chi connectivity index (χ1v) is 9.31. The monoisotopic (exact) mass is 403 g/mol. The number of halogens is 2. The summed E-state index contributed by atoms with van der Waals surface area (Å²) in [5, 5.41) is 10.5. The second-order valence-electron chi connectivity index (χ2n) is 6.33. The van der Waals surface area contributed by atoms with Gasteiger partial charge in [0.1, 0.15) is 11.6 Å². The Balaban J connectivity index is 1.97. The van der Waals surface area contributed by atoms with Crippen LogP contribution in [0, 0.1) is 25.2 Å². The van der Waals surface area contributed by atoms with Crippen LogP contribution in [0.1, 0.15) is 17.0 Å². The van der Waals surface area contributed by atoms with Gasteiger partial charge in [-0.2, -0.15) is 5.26 Å². The Morgan fingerprint density at radius 3 is 2.52 bits per heavy atom. The molecule has 7 heteroatoms. The summed E-state index contributed by atoms with van der Waals surface area (Å²) in [5.41, 5.74) is 3.68. The zero-order chi connectivity index (χ0) is 19.6. The number of nitrogens with zero attached hydrogens (tertiary/aromatic N) is 3. The number of hydrogen-bond donors (Lipinski definition) is 0. The Morgan fingerprint density at radius 2 is 1.89 bits per heavy atom. The second kappa shape index (κ2) is 8.18. The van der Waals surface area contributed by atoms with Crippen molar-refractivity contribution in [1.82, 2.24) is 9.47 Å². The molecule has 1 aliphatic rings. The minimum atomic E-state index is -0.264. The Bertz CT molecular complexity index is 951. The van der Waals surface area contributed by atoms with Crippen molar-refractivity contribution in [3.05, 3.63) is 56.8 Å². The van der Waals surface area contributed by atoms with E-state index in [0.29, 0.717) is 36.3 Å². The highest BCUT2D eigenvalue weighted by Crippen LogP contribution is 2.28. The van der Waals surface area contributed by atoms with Gasteiger partial charge in [0.15, 0.2) is 0 Å². The zero-order valence-electron chi connectivity index (χ0n) is 15.1. The van der Waals surface area contributed by atoms with Gasteiger partial charge >= 0.3 is 0 Å². The summed E-state index contributed by atoms with van der Waals surface area (Å²) >= 11 is 12.2. The molecule has 1 aromatic heterocycles. The third-order valence-corrected chi connectivity index (χ3v) is 5.32. The largest absolute Gasteiger partial charge is 0.378 e. The fraction of sp³-hybridized carbons (Fsp3) is 0.300. The molecule has 1 amide bonds. The molecule has 2 aromatic rings. The van der Waals surface area contributed by atoms with E-state index in [0.717, 1.165) is 22.6 Å². The van der Waals surface area contributed by atoms with Crippen molar-refractivity contribution in [3.8, 4) is 11.8 Å². The highest BCUT2D eigenvalue weighted by Gasteiger charge is 2.21. The number of carbonyl (C=O) groups excluding carboxylic acids is 1. The molecule has 0 N–H and O–H groups in total. The van der Waals surface area contributed by atoms with Gasteiger partial charge in [0.2, 0.25) is 0 Å². The maximum atomic E-state index is 12.6. The van der Waals surface area contributed by atoms with Crippen LogP contribution in [0.4, 0.5) is 0 Å². The molecule has 1 fully saturated rings. The SMILES string of the molecule is Cc1cc(/C=C(\C#N)C(=O)N2CCOCC2)c(C)n1-c1ccc(Cl)c(Cl)c1. The fourth-order valence-corrected chi connectivity index (χ4v) is 3.48. The lowest BCUT2D eigenvalue weighted by Gasteiger charge is -2.26. The molecule has 3 rings (SSSR count). The van der Waals surface area contributed by atoms with E-state index in [1.54, 1.807) is 23.1 Å². The smallest absolute Gasteiger partial charge is 0.264 e. The first-order chi connectivity index (χ1) is 12.9. The van der Waals surface area contributed by atoms with E-state index in [1.807, 2.05) is 36.6 Å². The summed E-state index contributed by atoms with van der Waals surface area (Å²) in [4.78, 5) is 14.3. The number of aromatic nitrogens is 1. The second-order valence-corrected chi connectivity index (χ2v) is 7.15. The van der Waals surface area contributed by atoms with Crippen molar-refractivity contribution in [3.63, 3.8) is 0 Å². The lowest BCUT2D eigenvalue weighted by Crippen LogP contribution is -2.41. The minimum absolute atomic E-state index is 0.117. The van der Waals surface area contributed by atoms with Gasteiger partial charge in [-0.3, -0.25) is 4.79 Å². The third-order valence-electron chi connectivity index (χ3n) is 4.58. The van der Waals surface area contributed by atoms with Crippen LogP contribution in [-0.4, -0.2) is 41.7 Å². The Hall–Kier alpha value is -2.26. The van der Waals surface area contributed by atoms with Gasteiger partial charge < -0.3 is 14.2 Å². The van der Waals surface area contributed by atoms with Crippen LogP contribution in [-0.2, 0) is 9.53 Å². The van der Waals surface area contributed by atoms with Crippen LogP contribution in [0.25, 0.3) is 11.8 Å². The summed E-state index contributed by atoms with van der Waals surface area (Å²) in [7, 11) is 0. The summed E-state index contributed by atoms with van der Waals surface area (Å²) in [6.07, 6.45) is 1.65. The standard InChI is InChI=1S/C20H19Cl2N3O2/c1-13-9-15(10-16(12-23)20(26)24-5-7-27-8-6-24)14(2)25(13)17-3-4-18(21)19(22)11-17/h3-4,9-11H,5-8H2,1-2H3/b16-10+. The van der Waals surface area contributed by atoms with Gasteiger partial charge in [-0.15, -0.1) is 0 Å². The Morgan fingerprint density at radius 1 is 1.19 bits per heavy atom. The molecule has 0 atom stereocenters. The zero-order valence-corrected chi connectivity index (χ0v) is 16.6. The normalized spacial score (nSPS) is 14.9. The summed E-state index contributed by atoms with van der Waals surface area (Å²) in [6, 6.07) is 9.41. The molecule has 5 nitrogen and oxygen atoms in total. The first kappa shape index (κ1) is 19.5. The summed E-state index contributed by atoms with van der Waals surface area (Å²) in [5.74, 6) is -0.264. The molecular weight excluding hydrogens is 385 g/mol. The van der Waals surface area contributed by atoms with Gasteiger partial charge in [0.25, 0.3) is 5.91 Å². The molecule has 0 aliphatic carbocycles. The molecule has 0 spiro atoms.